The number of fused-ring (bicyclic) bond motifs is 1. The third-order valence-electron chi connectivity index (χ3n) is 5.71. The minimum atomic E-state index is -0.353. The molecule has 144 valence electrons. The lowest BCUT2D eigenvalue weighted by atomic mass is 9.83. The molecule has 0 fully saturated rings. The normalized spacial score (nSPS) is 19.0. The maximum absolute atomic E-state index is 13.2. The van der Waals surface area contributed by atoms with Gasteiger partial charge >= 0.3 is 5.97 Å². The minimum absolute atomic E-state index is 0.0693. The predicted octanol–water partition coefficient (Wildman–Crippen LogP) is 5.13. The second-order valence-electron chi connectivity index (χ2n) is 7.46. The highest BCUT2D eigenvalue weighted by atomic mass is 35.5. The molecule has 1 unspecified atom stereocenters. The second-order valence-corrected chi connectivity index (χ2v) is 7.87. The summed E-state index contributed by atoms with van der Waals surface area (Å²) in [6.07, 6.45) is 0.206. The van der Waals surface area contributed by atoms with Crippen molar-refractivity contribution in [2.75, 3.05) is 11.5 Å². The molecule has 5 heteroatoms. The second kappa shape index (κ2) is 6.75. The van der Waals surface area contributed by atoms with E-state index in [4.69, 9.17) is 16.3 Å². The van der Waals surface area contributed by atoms with Crippen LogP contribution in [-0.4, -0.2) is 18.5 Å². The number of esters is 1. The van der Waals surface area contributed by atoms with Crippen molar-refractivity contribution in [1.29, 1.82) is 0 Å². The first-order chi connectivity index (χ1) is 14.0. The lowest BCUT2D eigenvalue weighted by Crippen LogP contribution is -2.37. The summed E-state index contributed by atoms with van der Waals surface area (Å²) in [6.45, 7) is 2.00. The zero-order valence-electron chi connectivity index (χ0n) is 15.8. The van der Waals surface area contributed by atoms with Crippen molar-refractivity contribution >= 4 is 39.9 Å². The molecule has 3 aromatic carbocycles. The van der Waals surface area contributed by atoms with Crippen LogP contribution in [0.3, 0.4) is 0 Å². The first kappa shape index (κ1) is 18.0. The Bertz CT molecular complexity index is 1210. The number of amides is 1. The summed E-state index contributed by atoms with van der Waals surface area (Å²) in [5.41, 5.74) is 3.72. The lowest BCUT2D eigenvalue weighted by molar-refractivity contribution is -0.136. The largest absolute Gasteiger partial charge is 0.456 e. The van der Waals surface area contributed by atoms with E-state index in [1.807, 2.05) is 55.5 Å². The van der Waals surface area contributed by atoms with Gasteiger partial charge in [0.2, 0.25) is 5.91 Å². The maximum Gasteiger partial charge on any atom is 0.336 e. The van der Waals surface area contributed by atoms with Gasteiger partial charge in [-0.15, -0.1) is 0 Å². The number of carbonyl (C=O) groups excluding carboxylic acids is 2. The summed E-state index contributed by atoms with van der Waals surface area (Å²) >= 11 is 6.28. The van der Waals surface area contributed by atoms with E-state index in [-0.39, 0.29) is 30.8 Å². The Hall–Kier alpha value is -3.11. The summed E-state index contributed by atoms with van der Waals surface area (Å²) in [5.74, 6) is -0.733. The average molecular weight is 404 g/mol. The number of ether oxygens (including phenoxy) is 1. The molecule has 0 aliphatic carbocycles. The number of cyclic esters (lactones) is 1. The van der Waals surface area contributed by atoms with Crippen molar-refractivity contribution in [1.82, 2.24) is 0 Å². The van der Waals surface area contributed by atoms with Crippen molar-refractivity contribution in [3.63, 3.8) is 0 Å². The van der Waals surface area contributed by atoms with Gasteiger partial charge in [0, 0.05) is 17.4 Å². The highest BCUT2D eigenvalue weighted by Crippen LogP contribution is 2.42. The molecule has 3 aromatic rings. The van der Waals surface area contributed by atoms with E-state index in [0.29, 0.717) is 22.0 Å². The number of benzene rings is 3. The molecule has 0 aromatic heterocycles. The van der Waals surface area contributed by atoms with Gasteiger partial charge in [-0.2, -0.15) is 0 Å². The molecule has 2 aliphatic rings. The van der Waals surface area contributed by atoms with E-state index in [1.54, 1.807) is 11.0 Å². The number of hydrogen-bond acceptors (Lipinski definition) is 3. The Kier molecular flexibility index (Phi) is 4.18. The number of halogens is 1. The van der Waals surface area contributed by atoms with Crippen LogP contribution in [0.25, 0.3) is 10.8 Å². The lowest BCUT2D eigenvalue weighted by Gasteiger charge is -2.32. The van der Waals surface area contributed by atoms with Gasteiger partial charge in [0.15, 0.2) is 0 Å². The van der Waals surface area contributed by atoms with Gasteiger partial charge in [0.05, 0.1) is 17.0 Å². The van der Waals surface area contributed by atoms with E-state index < -0.39 is 0 Å². The summed E-state index contributed by atoms with van der Waals surface area (Å²) in [5, 5.41) is 2.79. The van der Waals surface area contributed by atoms with Gasteiger partial charge in [-0.05, 0) is 41.0 Å². The van der Waals surface area contributed by atoms with Crippen molar-refractivity contribution in [2.24, 2.45) is 0 Å². The van der Waals surface area contributed by atoms with Crippen molar-refractivity contribution in [2.45, 2.75) is 19.3 Å². The van der Waals surface area contributed by atoms with Crippen LogP contribution in [0.2, 0.25) is 5.02 Å². The molecule has 0 bridgehead atoms. The molecular formula is C24H18ClNO3. The Labute approximate surface area is 173 Å². The maximum atomic E-state index is 13.2. The Morgan fingerprint density at radius 2 is 1.79 bits per heavy atom. The quantitative estimate of drug-likeness (QED) is 0.557. The third kappa shape index (κ3) is 2.91. The number of anilines is 1. The molecule has 0 saturated carbocycles. The van der Waals surface area contributed by atoms with Crippen molar-refractivity contribution < 1.29 is 14.3 Å². The highest BCUT2D eigenvalue weighted by Gasteiger charge is 2.43. The van der Waals surface area contributed by atoms with Crippen LogP contribution in [0.5, 0.6) is 0 Å². The van der Waals surface area contributed by atoms with E-state index in [2.05, 4.69) is 6.07 Å². The van der Waals surface area contributed by atoms with Gasteiger partial charge < -0.3 is 4.74 Å². The molecule has 0 radical (unpaired) electrons. The molecule has 1 atom stereocenters. The standard InChI is InChI=1S/C24H18ClNO3/c1-14-6-9-18(11-20(14)25)26-21-13-29-24(28)23(21)19(12-22(26)27)17-8-7-15-4-2-3-5-16(15)10-17/h2-11,19H,12-13H2,1H3. The molecule has 2 heterocycles. The van der Waals surface area contributed by atoms with E-state index in [9.17, 15) is 9.59 Å². The molecule has 2 aliphatic heterocycles. The Morgan fingerprint density at radius 3 is 2.59 bits per heavy atom. The first-order valence-electron chi connectivity index (χ1n) is 9.51. The molecule has 1 amide bonds. The van der Waals surface area contributed by atoms with Crippen LogP contribution >= 0.6 is 11.6 Å². The number of hydrogen-bond donors (Lipinski definition) is 0. The molecule has 0 spiro atoms. The van der Waals surface area contributed by atoms with Gasteiger partial charge in [-0.1, -0.05) is 60.1 Å². The number of aryl methyl sites for hydroxylation is 1. The van der Waals surface area contributed by atoms with Crippen LogP contribution < -0.4 is 4.90 Å². The Balaban J connectivity index is 1.63. The third-order valence-corrected chi connectivity index (χ3v) is 6.11. The average Bonchev–Trinajstić information content (AvgIpc) is 3.10. The Morgan fingerprint density at radius 1 is 1.00 bits per heavy atom. The van der Waals surface area contributed by atoms with Gasteiger partial charge in [0.25, 0.3) is 0 Å². The van der Waals surface area contributed by atoms with Crippen LogP contribution in [0, 0.1) is 6.92 Å². The molecular weight excluding hydrogens is 386 g/mol. The monoisotopic (exact) mass is 403 g/mol. The van der Waals surface area contributed by atoms with Crippen LogP contribution in [0.15, 0.2) is 71.9 Å². The molecule has 5 rings (SSSR count). The topological polar surface area (TPSA) is 46.6 Å². The number of rotatable bonds is 2. The molecule has 0 N–H and O–H groups in total. The smallest absolute Gasteiger partial charge is 0.336 e. The summed E-state index contributed by atoms with van der Waals surface area (Å²) in [7, 11) is 0. The summed E-state index contributed by atoms with van der Waals surface area (Å²) < 4.78 is 5.35. The predicted molar refractivity (Wildman–Crippen MR) is 113 cm³/mol. The van der Waals surface area contributed by atoms with Crippen LogP contribution in [-0.2, 0) is 14.3 Å². The van der Waals surface area contributed by atoms with Gasteiger partial charge in [0.1, 0.15) is 6.61 Å². The van der Waals surface area contributed by atoms with E-state index in [0.717, 1.165) is 21.9 Å². The zero-order chi connectivity index (χ0) is 20.1. The number of nitrogens with zero attached hydrogens (tertiary/aromatic N) is 1. The molecule has 29 heavy (non-hydrogen) atoms. The van der Waals surface area contributed by atoms with Crippen molar-refractivity contribution in [3.05, 3.63) is 88.1 Å². The SMILES string of the molecule is Cc1ccc(N2C(=O)CC(c3ccc4ccccc4c3)C3=C2COC3=O)cc1Cl. The number of carbonyl (C=O) groups is 2. The first-order valence-corrected chi connectivity index (χ1v) is 9.88. The van der Waals surface area contributed by atoms with Crippen molar-refractivity contribution in [3.8, 4) is 0 Å². The zero-order valence-corrected chi connectivity index (χ0v) is 16.6. The van der Waals surface area contributed by atoms with Gasteiger partial charge in [-0.25, -0.2) is 4.79 Å². The minimum Gasteiger partial charge on any atom is -0.456 e. The van der Waals surface area contributed by atoms with Crippen LogP contribution in [0.1, 0.15) is 23.5 Å². The molecule has 4 nitrogen and oxygen atoms in total. The fraction of sp³-hybridized carbons (Fsp3) is 0.167. The van der Waals surface area contributed by atoms with Crippen LogP contribution in [0.4, 0.5) is 5.69 Å². The van der Waals surface area contributed by atoms with E-state index >= 15 is 0 Å². The fourth-order valence-electron chi connectivity index (χ4n) is 4.18. The van der Waals surface area contributed by atoms with E-state index in [1.165, 1.54) is 0 Å². The summed E-state index contributed by atoms with van der Waals surface area (Å²) in [4.78, 5) is 27.4. The molecule has 0 saturated heterocycles. The summed E-state index contributed by atoms with van der Waals surface area (Å²) in [6, 6.07) is 19.6. The fourth-order valence-corrected chi connectivity index (χ4v) is 4.36. The van der Waals surface area contributed by atoms with Gasteiger partial charge in [-0.3, -0.25) is 9.69 Å². The highest BCUT2D eigenvalue weighted by molar-refractivity contribution is 6.31.